The predicted octanol–water partition coefficient (Wildman–Crippen LogP) is 2.54. The van der Waals surface area contributed by atoms with E-state index in [2.05, 4.69) is 26.1 Å². The number of nitrogens with two attached hydrogens (primary N) is 1. The lowest BCUT2D eigenvalue weighted by atomic mass is 10.1. The van der Waals surface area contributed by atoms with Crippen LogP contribution in [-0.2, 0) is 4.79 Å². The van der Waals surface area contributed by atoms with Crippen molar-refractivity contribution in [3.05, 3.63) is 28.2 Å². The molecule has 1 aliphatic rings. The van der Waals surface area contributed by atoms with Crippen molar-refractivity contribution in [3.63, 3.8) is 0 Å². The maximum Gasteiger partial charge on any atom is 0.238 e. The van der Waals surface area contributed by atoms with E-state index in [1.807, 2.05) is 25.1 Å². The topological polar surface area (TPSA) is 58.4 Å². The van der Waals surface area contributed by atoms with Crippen molar-refractivity contribution in [2.75, 3.05) is 25.0 Å². The lowest BCUT2D eigenvalue weighted by molar-refractivity contribution is -0.117. The number of nitrogens with zero attached hydrogens (tertiary/aromatic N) is 1. The summed E-state index contributed by atoms with van der Waals surface area (Å²) in [5, 5.41) is 2.93. The van der Waals surface area contributed by atoms with Gasteiger partial charge in [-0.3, -0.25) is 9.69 Å². The van der Waals surface area contributed by atoms with Crippen LogP contribution < -0.4 is 11.1 Å². The van der Waals surface area contributed by atoms with Gasteiger partial charge in [0.1, 0.15) is 0 Å². The van der Waals surface area contributed by atoms with Crippen LogP contribution in [0.25, 0.3) is 0 Å². The number of carbonyl (C=O) groups excluding carboxylic acids is 1. The summed E-state index contributed by atoms with van der Waals surface area (Å²) in [6.07, 6.45) is 2.13. The molecule has 0 aromatic heterocycles. The fourth-order valence-electron chi connectivity index (χ4n) is 2.36. The fourth-order valence-corrected chi connectivity index (χ4v) is 2.61. The molecule has 4 nitrogen and oxygen atoms in total. The summed E-state index contributed by atoms with van der Waals surface area (Å²) in [4.78, 5) is 14.1. The average Bonchev–Trinajstić information content (AvgIpc) is 2.34. The number of anilines is 1. The van der Waals surface area contributed by atoms with Gasteiger partial charge in [0.25, 0.3) is 0 Å². The number of amides is 1. The Balaban J connectivity index is 0.00000200. The third-order valence-electron chi connectivity index (χ3n) is 3.35. The lowest BCUT2D eigenvalue weighted by Crippen LogP contribution is -2.45. The molecule has 6 heteroatoms. The van der Waals surface area contributed by atoms with Crippen LogP contribution in [0.4, 0.5) is 5.69 Å². The first-order chi connectivity index (χ1) is 9.04. The second-order valence-electron chi connectivity index (χ2n) is 5.15. The van der Waals surface area contributed by atoms with Gasteiger partial charge in [-0.2, -0.15) is 0 Å². The molecule has 1 fully saturated rings. The monoisotopic (exact) mass is 361 g/mol. The molecule has 2 rings (SSSR count). The number of likely N-dealkylation sites (tertiary alicyclic amines) is 1. The average molecular weight is 363 g/mol. The Labute approximate surface area is 134 Å². The fraction of sp³-hybridized carbons (Fsp3) is 0.500. The van der Waals surface area contributed by atoms with Crippen molar-refractivity contribution < 1.29 is 4.79 Å². The van der Waals surface area contributed by atoms with Gasteiger partial charge < -0.3 is 11.1 Å². The van der Waals surface area contributed by atoms with E-state index in [1.54, 1.807) is 0 Å². The Morgan fingerprint density at radius 3 is 2.95 bits per heavy atom. The second-order valence-corrected chi connectivity index (χ2v) is 6.00. The van der Waals surface area contributed by atoms with E-state index in [-0.39, 0.29) is 24.4 Å². The molecule has 1 heterocycles. The quantitative estimate of drug-likeness (QED) is 0.869. The SMILES string of the molecule is Cc1cc(NC(=O)CN2CCC[C@@H](N)C2)ccc1Br.Cl. The Hall–Kier alpha value is -0.620. The molecule has 0 radical (unpaired) electrons. The minimum atomic E-state index is 0. The van der Waals surface area contributed by atoms with Crippen molar-refractivity contribution in [1.82, 2.24) is 4.90 Å². The predicted molar refractivity (Wildman–Crippen MR) is 88.4 cm³/mol. The molecule has 1 aromatic carbocycles. The molecule has 1 aromatic rings. The van der Waals surface area contributed by atoms with E-state index in [9.17, 15) is 4.79 Å². The molecule has 1 aliphatic heterocycles. The largest absolute Gasteiger partial charge is 0.327 e. The van der Waals surface area contributed by atoms with E-state index < -0.39 is 0 Å². The van der Waals surface area contributed by atoms with Gasteiger partial charge >= 0.3 is 0 Å². The molecule has 0 spiro atoms. The molecule has 0 saturated carbocycles. The van der Waals surface area contributed by atoms with Crippen LogP contribution >= 0.6 is 28.3 Å². The van der Waals surface area contributed by atoms with E-state index in [1.165, 1.54) is 0 Å². The summed E-state index contributed by atoms with van der Waals surface area (Å²) in [5.41, 5.74) is 7.86. The van der Waals surface area contributed by atoms with Gasteiger partial charge in [-0.1, -0.05) is 15.9 Å². The Bertz CT molecular complexity index is 470. The normalized spacial score (nSPS) is 19.2. The third kappa shape index (κ3) is 5.05. The molecule has 1 atom stereocenters. The van der Waals surface area contributed by atoms with Gasteiger partial charge in [0.2, 0.25) is 5.91 Å². The van der Waals surface area contributed by atoms with Crippen molar-refractivity contribution in [2.24, 2.45) is 5.73 Å². The summed E-state index contributed by atoms with van der Waals surface area (Å²) < 4.78 is 1.05. The van der Waals surface area contributed by atoms with Crippen LogP contribution in [-0.4, -0.2) is 36.5 Å². The molecule has 0 aliphatic carbocycles. The van der Waals surface area contributed by atoms with Gasteiger partial charge in [0.15, 0.2) is 0 Å². The zero-order valence-corrected chi connectivity index (χ0v) is 14.0. The Kier molecular flexibility index (Phi) is 6.95. The van der Waals surface area contributed by atoms with Crippen LogP contribution in [0.2, 0.25) is 0 Å². The highest BCUT2D eigenvalue weighted by molar-refractivity contribution is 9.10. The molecule has 3 N–H and O–H groups in total. The van der Waals surface area contributed by atoms with E-state index >= 15 is 0 Å². The van der Waals surface area contributed by atoms with E-state index in [0.29, 0.717) is 6.54 Å². The molecule has 1 amide bonds. The van der Waals surface area contributed by atoms with Gasteiger partial charge in [0, 0.05) is 22.7 Å². The van der Waals surface area contributed by atoms with Crippen LogP contribution in [0.1, 0.15) is 18.4 Å². The molecule has 0 unspecified atom stereocenters. The molecule has 20 heavy (non-hydrogen) atoms. The number of hydrogen-bond donors (Lipinski definition) is 2. The van der Waals surface area contributed by atoms with Crippen molar-refractivity contribution in [3.8, 4) is 0 Å². The van der Waals surface area contributed by atoms with Gasteiger partial charge in [0.05, 0.1) is 6.54 Å². The van der Waals surface area contributed by atoms with E-state index in [4.69, 9.17) is 5.73 Å². The van der Waals surface area contributed by atoms with Crippen molar-refractivity contribution in [2.45, 2.75) is 25.8 Å². The van der Waals surface area contributed by atoms with Gasteiger partial charge in [-0.15, -0.1) is 12.4 Å². The van der Waals surface area contributed by atoms with Gasteiger partial charge in [-0.05, 0) is 50.1 Å². The van der Waals surface area contributed by atoms with Crippen LogP contribution in [0, 0.1) is 6.92 Å². The van der Waals surface area contributed by atoms with E-state index in [0.717, 1.165) is 41.7 Å². The highest BCUT2D eigenvalue weighted by Gasteiger charge is 2.18. The first-order valence-corrected chi connectivity index (χ1v) is 7.38. The number of rotatable bonds is 3. The number of aryl methyl sites for hydroxylation is 1. The zero-order valence-electron chi connectivity index (χ0n) is 11.6. The Morgan fingerprint density at radius 2 is 2.30 bits per heavy atom. The van der Waals surface area contributed by atoms with Gasteiger partial charge in [-0.25, -0.2) is 0 Å². The number of halogens is 2. The molecule has 1 saturated heterocycles. The molecular weight excluding hydrogens is 342 g/mol. The first-order valence-electron chi connectivity index (χ1n) is 6.58. The summed E-state index contributed by atoms with van der Waals surface area (Å²) in [5.74, 6) is 0.0239. The first kappa shape index (κ1) is 17.4. The minimum Gasteiger partial charge on any atom is -0.327 e. The maximum absolute atomic E-state index is 12.0. The second kappa shape index (κ2) is 7.98. The lowest BCUT2D eigenvalue weighted by Gasteiger charge is -2.29. The standard InChI is InChI=1S/C14H20BrN3O.ClH/c1-10-7-12(4-5-13(10)15)17-14(19)9-18-6-2-3-11(16)8-18;/h4-5,7,11H,2-3,6,8-9,16H2,1H3,(H,17,19);1H/t11-;/m1./s1. The number of benzene rings is 1. The molecular formula is C14H21BrClN3O. The number of piperidine rings is 1. The highest BCUT2D eigenvalue weighted by Crippen LogP contribution is 2.20. The summed E-state index contributed by atoms with van der Waals surface area (Å²) in [6.45, 7) is 4.19. The molecule has 112 valence electrons. The minimum absolute atomic E-state index is 0. The number of hydrogen-bond acceptors (Lipinski definition) is 3. The van der Waals surface area contributed by atoms with Crippen LogP contribution in [0.3, 0.4) is 0 Å². The smallest absolute Gasteiger partial charge is 0.238 e. The van der Waals surface area contributed by atoms with Crippen molar-refractivity contribution in [1.29, 1.82) is 0 Å². The number of carbonyl (C=O) groups is 1. The summed E-state index contributed by atoms with van der Waals surface area (Å²) in [6, 6.07) is 6.01. The van der Waals surface area contributed by atoms with Crippen LogP contribution in [0.15, 0.2) is 22.7 Å². The molecule has 0 bridgehead atoms. The Morgan fingerprint density at radius 1 is 1.55 bits per heavy atom. The van der Waals surface area contributed by atoms with Crippen LogP contribution in [0.5, 0.6) is 0 Å². The third-order valence-corrected chi connectivity index (χ3v) is 4.24. The highest BCUT2D eigenvalue weighted by atomic mass is 79.9. The summed E-state index contributed by atoms with van der Waals surface area (Å²) in [7, 11) is 0. The van der Waals surface area contributed by atoms with Crippen molar-refractivity contribution >= 4 is 39.9 Å². The summed E-state index contributed by atoms with van der Waals surface area (Å²) >= 11 is 3.45. The zero-order chi connectivity index (χ0) is 13.8. The number of nitrogens with one attached hydrogen (secondary N) is 1. The maximum atomic E-state index is 12.0.